The Labute approximate surface area is 186 Å². The molecule has 0 unspecified atom stereocenters. The van der Waals surface area contributed by atoms with Crippen LogP contribution in [-0.2, 0) is 23.5 Å². The van der Waals surface area contributed by atoms with Crippen LogP contribution in [0.4, 0.5) is 0 Å². The maximum absolute atomic E-state index is 12.0. The minimum Gasteiger partial charge on any atom is -0.463 e. The quantitative estimate of drug-likeness (QED) is 0.117. The van der Waals surface area contributed by atoms with E-state index in [1.54, 1.807) is 0 Å². The molecule has 0 atom stereocenters. The molecule has 0 fully saturated rings. The molecule has 0 saturated heterocycles. The average molecular weight is 445 g/mol. The van der Waals surface area contributed by atoms with Crippen molar-refractivity contribution >= 4 is 20.3 Å². The minimum atomic E-state index is -1.84. The lowest BCUT2D eigenvalue weighted by Gasteiger charge is -2.26. The van der Waals surface area contributed by atoms with Crippen molar-refractivity contribution in [2.24, 2.45) is 0 Å². The number of unbranched alkanes of at least 4 members (excludes halogenated alkanes) is 10. The van der Waals surface area contributed by atoms with Gasteiger partial charge < -0.3 is 13.9 Å². The van der Waals surface area contributed by atoms with Crippen LogP contribution in [0.25, 0.3) is 0 Å². The maximum Gasteiger partial charge on any atom is 0.305 e. The summed E-state index contributed by atoms with van der Waals surface area (Å²) in [4.78, 5) is 24.0. The normalized spacial score (nSPS) is 11.7. The summed E-state index contributed by atoms with van der Waals surface area (Å²) < 4.78 is 16.9. The van der Waals surface area contributed by atoms with Crippen LogP contribution >= 0.6 is 0 Å². The van der Waals surface area contributed by atoms with Gasteiger partial charge in [-0.3, -0.25) is 9.59 Å². The van der Waals surface area contributed by atoms with Gasteiger partial charge in [0.2, 0.25) is 0 Å². The maximum atomic E-state index is 12.0. The van der Waals surface area contributed by atoms with Gasteiger partial charge in [-0.15, -0.1) is 0 Å². The molecule has 6 heteroatoms. The van der Waals surface area contributed by atoms with E-state index in [9.17, 15) is 9.59 Å². The predicted molar refractivity (Wildman–Crippen MR) is 126 cm³/mol. The fourth-order valence-corrected chi connectivity index (χ4v) is 4.37. The molecule has 0 aliphatic rings. The Morgan fingerprint density at radius 1 is 0.633 bits per heavy atom. The topological polar surface area (TPSA) is 61.8 Å². The van der Waals surface area contributed by atoms with Crippen molar-refractivity contribution in [2.45, 2.75) is 129 Å². The number of esters is 2. The standard InChI is InChI=1S/C24H48O5Si/c1-6-8-10-12-14-16-18-23(25)27-20-22(29-30(3,4)5)21-28-24(26)19-17-15-13-11-9-7-2/h22H,6-21H2,1-5H3. The van der Waals surface area contributed by atoms with Crippen molar-refractivity contribution in [1.29, 1.82) is 0 Å². The van der Waals surface area contributed by atoms with Crippen molar-refractivity contribution in [1.82, 2.24) is 0 Å². The van der Waals surface area contributed by atoms with E-state index >= 15 is 0 Å². The molecule has 0 spiro atoms. The summed E-state index contributed by atoms with van der Waals surface area (Å²) in [5, 5.41) is 0. The summed E-state index contributed by atoms with van der Waals surface area (Å²) in [6.07, 6.45) is 14.2. The fraction of sp³-hybridized carbons (Fsp3) is 0.917. The molecule has 0 aliphatic carbocycles. The van der Waals surface area contributed by atoms with E-state index in [2.05, 4.69) is 33.5 Å². The first-order chi connectivity index (χ1) is 14.3. The van der Waals surface area contributed by atoms with Crippen LogP contribution in [0.1, 0.15) is 104 Å². The SMILES string of the molecule is CCCCCCCCC(=O)OCC(COC(=O)CCCCCCCC)O[Si](C)(C)C. The predicted octanol–water partition coefficient (Wildman–Crippen LogP) is 6.79. The van der Waals surface area contributed by atoms with Gasteiger partial charge in [-0.05, 0) is 32.5 Å². The van der Waals surface area contributed by atoms with E-state index in [0.717, 1.165) is 25.7 Å². The smallest absolute Gasteiger partial charge is 0.305 e. The molecule has 0 N–H and O–H groups in total. The first-order valence-corrected chi connectivity index (χ1v) is 15.7. The van der Waals surface area contributed by atoms with Crippen LogP contribution in [0.5, 0.6) is 0 Å². The molecular weight excluding hydrogens is 396 g/mol. The van der Waals surface area contributed by atoms with Gasteiger partial charge in [-0.1, -0.05) is 78.1 Å². The van der Waals surface area contributed by atoms with Gasteiger partial charge >= 0.3 is 11.9 Å². The molecule has 0 aromatic carbocycles. The molecule has 0 bridgehead atoms. The Morgan fingerprint density at radius 3 is 1.37 bits per heavy atom. The van der Waals surface area contributed by atoms with Crippen molar-refractivity contribution in [2.75, 3.05) is 13.2 Å². The third-order valence-electron chi connectivity index (χ3n) is 4.85. The van der Waals surface area contributed by atoms with Crippen LogP contribution in [0.15, 0.2) is 0 Å². The highest BCUT2D eigenvalue weighted by molar-refractivity contribution is 6.69. The van der Waals surface area contributed by atoms with Gasteiger partial charge in [0.1, 0.15) is 19.3 Å². The van der Waals surface area contributed by atoms with Crippen LogP contribution in [0, 0.1) is 0 Å². The highest BCUT2D eigenvalue weighted by Gasteiger charge is 2.23. The third kappa shape index (κ3) is 20.4. The van der Waals surface area contributed by atoms with Gasteiger partial charge in [-0.25, -0.2) is 0 Å². The van der Waals surface area contributed by atoms with Crippen LogP contribution in [0.3, 0.4) is 0 Å². The molecule has 0 amide bonds. The van der Waals surface area contributed by atoms with E-state index in [1.807, 2.05) is 0 Å². The third-order valence-corrected chi connectivity index (χ3v) is 5.89. The number of carbonyl (C=O) groups excluding carboxylic acids is 2. The second-order valence-corrected chi connectivity index (χ2v) is 13.7. The lowest BCUT2D eigenvalue weighted by molar-refractivity contribution is -0.151. The van der Waals surface area contributed by atoms with Crippen LogP contribution < -0.4 is 0 Å². The monoisotopic (exact) mass is 444 g/mol. The average Bonchev–Trinajstić information content (AvgIpc) is 2.68. The number of carbonyl (C=O) groups is 2. The summed E-state index contributed by atoms with van der Waals surface area (Å²) in [6.45, 7) is 10.9. The highest BCUT2D eigenvalue weighted by Crippen LogP contribution is 2.12. The van der Waals surface area contributed by atoms with Crippen LogP contribution in [-0.4, -0.2) is 39.6 Å². The largest absolute Gasteiger partial charge is 0.463 e. The Bertz CT molecular complexity index is 402. The van der Waals surface area contributed by atoms with Gasteiger partial charge in [0.15, 0.2) is 8.32 Å². The highest BCUT2D eigenvalue weighted by atomic mass is 28.4. The Balaban J connectivity index is 4.10. The molecular formula is C24H48O5Si. The molecule has 0 rings (SSSR count). The molecule has 0 aliphatic heterocycles. The zero-order chi connectivity index (χ0) is 22.7. The van der Waals surface area contributed by atoms with Crippen molar-refractivity contribution in [3.8, 4) is 0 Å². The van der Waals surface area contributed by atoms with E-state index in [0.29, 0.717) is 12.8 Å². The van der Waals surface area contributed by atoms with Gasteiger partial charge in [0.05, 0.1) is 0 Å². The van der Waals surface area contributed by atoms with Crippen molar-refractivity contribution in [3.05, 3.63) is 0 Å². The summed E-state index contributed by atoms with van der Waals surface area (Å²) in [5.74, 6) is -0.374. The summed E-state index contributed by atoms with van der Waals surface area (Å²) >= 11 is 0. The molecule has 0 aromatic rings. The zero-order valence-corrected chi connectivity index (χ0v) is 21.4. The van der Waals surface area contributed by atoms with E-state index in [1.165, 1.54) is 51.4 Å². The molecule has 5 nitrogen and oxygen atoms in total. The first-order valence-electron chi connectivity index (χ1n) is 12.3. The Morgan fingerprint density at radius 2 is 1.00 bits per heavy atom. The van der Waals surface area contributed by atoms with Gasteiger partial charge in [0.25, 0.3) is 0 Å². The van der Waals surface area contributed by atoms with Crippen molar-refractivity contribution < 1.29 is 23.5 Å². The van der Waals surface area contributed by atoms with Crippen molar-refractivity contribution in [3.63, 3.8) is 0 Å². The Hall–Kier alpha value is -0.883. The number of hydrogen-bond acceptors (Lipinski definition) is 5. The molecule has 178 valence electrons. The van der Waals surface area contributed by atoms with Crippen LogP contribution in [0.2, 0.25) is 19.6 Å². The second-order valence-electron chi connectivity index (χ2n) is 9.25. The summed E-state index contributed by atoms with van der Waals surface area (Å²) in [6, 6.07) is 0. The van der Waals surface area contributed by atoms with E-state index in [-0.39, 0.29) is 31.3 Å². The molecule has 0 aromatic heterocycles. The van der Waals surface area contributed by atoms with Gasteiger partial charge in [-0.2, -0.15) is 0 Å². The van der Waals surface area contributed by atoms with E-state index < -0.39 is 8.32 Å². The number of hydrogen-bond donors (Lipinski definition) is 0. The Kier molecular flexibility index (Phi) is 18.3. The molecule has 0 saturated carbocycles. The molecule has 0 radical (unpaired) electrons. The van der Waals surface area contributed by atoms with E-state index in [4.69, 9.17) is 13.9 Å². The first kappa shape index (κ1) is 29.1. The zero-order valence-electron chi connectivity index (χ0n) is 20.4. The van der Waals surface area contributed by atoms with Gasteiger partial charge in [0, 0.05) is 12.8 Å². The lowest BCUT2D eigenvalue weighted by atomic mass is 10.1. The molecule has 30 heavy (non-hydrogen) atoms. The molecule has 0 heterocycles. The summed E-state index contributed by atoms with van der Waals surface area (Å²) in [5.41, 5.74) is 0. The number of ether oxygens (including phenoxy) is 2. The second kappa shape index (κ2) is 18.9. The fourth-order valence-electron chi connectivity index (χ4n) is 3.23. The lowest BCUT2D eigenvalue weighted by Crippen LogP contribution is -2.38. The number of rotatable bonds is 20. The minimum absolute atomic E-state index is 0.156. The summed E-state index contributed by atoms with van der Waals surface area (Å²) in [7, 11) is -1.84.